The number of nitrogens with one attached hydrogen (secondary N) is 1. The maximum absolute atomic E-state index is 12.5. The van der Waals surface area contributed by atoms with Gasteiger partial charge >= 0.3 is 0 Å². The number of amides is 2. The van der Waals surface area contributed by atoms with E-state index in [1.807, 2.05) is 27.0 Å². The van der Waals surface area contributed by atoms with Crippen molar-refractivity contribution in [1.29, 1.82) is 0 Å². The molecular weight excluding hydrogens is 248 g/mol. The Morgan fingerprint density at radius 3 is 2.56 bits per heavy atom. The number of piperazine rings is 1. The van der Waals surface area contributed by atoms with Crippen molar-refractivity contribution in [2.75, 3.05) is 18.6 Å². The van der Waals surface area contributed by atoms with Crippen LogP contribution in [0.4, 0.5) is 0 Å². The predicted octanol–water partition coefficient (Wildman–Crippen LogP) is 1.65. The lowest BCUT2D eigenvalue weighted by Gasteiger charge is -2.44. The van der Waals surface area contributed by atoms with Gasteiger partial charge in [0.1, 0.15) is 11.6 Å². The second-order valence-electron chi connectivity index (χ2n) is 4.97. The lowest BCUT2D eigenvalue weighted by Crippen LogP contribution is -2.69. The molecule has 1 fully saturated rings. The number of thioether (sulfide) groups is 1. The largest absolute Gasteiger partial charge is 0.340 e. The number of rotatable bonds is 6. The van der Waals surface area contributed by atoms with Crippen molar-refractivity contribution in [3.63, 3.8) is 0 Å². The van der Waals surface area contributed by atoms with Gasteiger partial charge in [-0.15, -0.1) is 0 Å². The Balaban J connectivity index is 2.93. The average molecular weight is 272 g/mol. The van der Waals surface area contributed by atoms with Crippen LogP contribution < -0.4 is 5.32 Å². The summed E-state index contributed by atoms with van der Waals surface area (Å²) in [5.74, 6) is 0.943. The molecule has 0 aliphatic carbocycles. The summed E-state index contributed by atoms with van der Waals surface area (Å²) in [5.41, 5.74) is -0.722. The molecular formula is C13H24N2O2S. The summed E-state index contributed by atoms with van der Waals surface area (Å²) >= 11 is 1.70. The Morgan fingerprint density at radius 2 is 2.06 bits per heavy atom. The van der Waals surface area contributed by atoms with Gasteiger partial charge in [-0.2, -0.15) is 11.8 Å². The summed E-state index contributed by atoms with van der Waals surface area (Å²) in [4.78, 5) is 26.5. The molecule has 1 N–H and O–H groups in total. The molecule has 0 bridgehead atoms. The first-order valence-electron chi connectivity index (χ1n) is 6.62. The van der Waals surface area contributed by atoms with Gasteiger partial charge in [0, 0.05) is 12.3 Å². The fourth-order valence-corrected chi connectivity index (χ4v) is 2.63. The lowest BCUT2D eigenvalue weighted by molar-refractivity contribution is -0.154. The van der Waals surface area contributed by atoms with Crippen LogP contribution in [0.25, 0.3) is 0 Å². The normalized spacial score (nSPS) is 28.4. The van der Waals surface area contributed by atoms with E-state index in [1.165, 1.54) is 0 Å². The van der Waals surface area contributed by atoms with Gasteiger partial charge in [-0.25, -0.2) is 0 Å². The van der Waals surface area contributed by atoms with Crippen LogP contribution in [0.2, 0.25) is 0 Å². The highest BCUT2D eigenvalue weighted by atomic mass is 32.2. The van der Waals surface area contributed by atoms with Gasteiger partial charge in [-0.05, 0) is 26.0 Å². The molecule has 0 saturated carbocycles. The summed E-state index contributed by atoms with van der Waals surface area (Å²) in [6.45, 7) is 6.46. The number of hydrogen-bond acceptors (Lipinski definition) is 3. The van der Waals surface area contributed by atoms with Gasteiger partial charge in [-0.3, -0.25) is 9.59 Å². The zero-order chi connectivity index (χ0) is 13.8. The van der Waals surface area contributed by atoms with Gasteiger partial charge in [-0.1, -0.05) is 20.3 Å². The third-order valence-corrected chi connectivity index (χ3v) is 4.21. The van der Waals surface area contributed by atoms with E-state index >= 15 is 0 Å². The fourth-order valence-electron chi connectivity index (χ4n) is 2.26. The van der Waals surface area contributed by atoms with Crippen molar-refractivity contribution < 1.29 is 9.59 Å². The van der Waals surface area contributed by atoms with Crippen LogP contribution in [0, 0.1) is 0 Å². The fraction of sp³-hybridized carbons (Fsp3) is 0.846. The van der Waals surface area contributed by atoms with Gasteiger partial charge in [0.15, 0.2) is 0 Å². The van der Waals surface area contributed by atoms with Crippen LogP contribution in [-0.2, 0) is 9.59 Å². The highest BCUT2D eigenvalue weighted by Crippen LogP contribution is 2.23. The molecule has 0 aromatic rings. The summed E-state index contributed by atoms with van der Waals surface area (Å²) in [6.07, 6.45) is 4.30. The van der Waals surface area contributed by atoms with Crippen LogP contribution in [0.1, 0.15) is 40.0 Å². The summed E-state index contributed by atoms with van der Waals surface area (Å²) in [6, 6.07) is -0.283. The van der Waals surface area contributed by atoms with Gasteiger partial charge in [0.2, 0.25) is 11.8 Å². The Bertz CT molecular complexity index is 322. The second-order valence-corrected chi connectivity index (χ2v) is 5.96. The summed E-state index contributed by atoms with van der Waals surface area (Å²) < 4.78 is 0. The molecule has 1 aliphatic heterocycles. The first-order valence-corrected chi connectivity index (χ1v) is 8.01. The van der Waals surface area contributed by atoms with Crippen molar-refractivity contribution >= 4 is 23.6 Å². The van der Waals surface area contributed by atoms with Crippen LogP contribution in [-0.4, -0.2) is 46.8 Å². The van der Waals surface area contributed by atoms with Gasteiger partial charge < -0.3 is 10.2 Å². The molecule has 1 heterocycles. The molecule has 1 aliphatic rings. The molecule has 2 unspecified atom stereocenters. The predicted molar refractivity (Wildman–Crippen MR) is 75.6 cm³/mol. The molecule has 104 valence electrons. The van der Waals surface area contributed by atoms with Gasteiger partial charge in [0.25, 0.3) is 0 Å². The summed E-state index contributed by atoms with van der Waals surface area (Å²) in [7, 11) is 0. The van der Waals surface area contributed by atoms with Crippen molar-refractivity contribution in [3.05, 3.63) is 0 Å². The Hall–Kier alpha value is -0.710. The summed E-state index contributed by atoms with van der Waals surface area (Å²) in [5, 5.41) is 2.90. The van der Waals surface area contributed by atoms with E-state index in [-0.39, 0.29) is 17.9 Å². The molecule has 2 amide bonds. The minimum Gasteiger partial charge on any atom is -0.340 e. The molecule has 1 rings (SSSR count). The van der Waals surface area contributed by atoms with Crippen LogP contribution >= 0.6 is 11.8 Å². The van der Waals surface area contributed by atoms with E-state index in [4.69, 9.17) is 0 Å². The Morgan fingerprint density at radius 1 is 1.39 bits per heavy atom. The van der Waals surface area contributed by atoms with E-state index < -0.39 is 5.54 Å². The topological polar surface area (TPSA) is 49.4 Å². The maximum Gasteiger partial charge on any atom is 0.248 e. The first kappa shape index (κ1) is 15.3. The molecule has 4 nitrogen and oxygen atoms in total. The number of carbonyl (C=O) groups is 2. The highest BCUT2D eigenvalue weighted by molar-refractivity contribution is 7.98. The zero-order valence-electron chi connectivity index (χ0n) is 11.8. The minimum absolute atomic E-state index is 0.00176. The van der Waals surface area contributed by atoms with Crippen molar-refractivity contribution in [3.8, 4) is 0 Å². The average Bonchev–Trinajstić information content (AvgIpc) is 2.35. The third-order valence-electron chi connectivity index (χ3n) is 3.62. The molecule has 0 aromatic carbocycles. The van der Waals surface area contributed by atoms with Crippen LogP contribution in [0.15, 0.2) is 0 Å². The molecule has 0 spiro atoms. The van der Waals surface area contributed by atoms with Crippen LogP contribution in [0.3, 0.4) is 0 Å². The Kier molecular flexibility index (Phi) is 5.50. The van der Waals surface area contributed by atoms with Crippen molar-refractivity contribution in [2.24, 2.45) is 0 Å². The number of hydrogen-bond donors (Lipinski definition) is 1. The SMILES string of the molecule is CCCC1C(=O)NC(C)(CC)C(=O)N1CCSC. The van der Waals surface area contributed by atoms with E-state index in [9.17, 15) is 9.59 Å². The second kappa shape index (κ2) is 6.45. The highest BCUT2D eigenvalue weighted by Gasteiger charge is 2.46. The third kappa shape index (κ3) is 2.99. The van der Waals surface area contributed by atoms with Crippen molar-refractivity contribution in [1.82, 2.24) is 10.2 Å². The number of carbonyl (C=O) groups excluding carboxylic acids is 2. The lowest BCUT2D eigenvalue weighted by atomic mass is 9.91. The molecule has 0 radical (unpaired) electrons. The minimum atomic E-state index is -0.722. The molecule has 0 aromatic heterocycles. The van der Waals surface area contributed by atoms with Crippen LogP contribution in [0.5, 0.6) is 0 Å². The maximum atomic E-state index is 12.5. The van der Waals surface area contributed by atoms with E-state index in [0.29, 0.717) is 13.0 Å². The monoisotopic (exact) mass is 272 g/mol. The van der Waals surface area contributed by atoms with E-state index in [1.54, 1.807) is 16.7 Å². The van der Waals surface area contributed by atoms with E-state index in [0.717, 1.165) is 18.6 Å². The Labute approximate surface area is 114 Å². The number of nitrogens with zero attached hydrogens (tertiary/aromatic N) is 1. The molecule has 18 heavy (non-hydrogen) atoms. The van der Waals surface area contributed by atoms with Gasteiger partial charge in [0.05, 0.1) is 0 Å². The standard InChI is InChI=1S/C13H24N2O2S/c1-5-7-10-11(16)14-13(3,6-2)12(17)15(10)8-9-18-4/h10H,5-9H2,1-4H3,(H,14,16). The molecule has 1 saturated heterocycles. The van der Waals surface area contributed by atoms with Crippen molar-refractivity contribution in [2.45, 2.75) is 51.6 Å². The smallest absolute Gasteiger partial charge is 0.248 e. The zero-order valence-corrected chi connectivity index (χ0v) is 12.6. The quantitative estimate of drug-likeness (QED) is 0.800. The molecule has 5 heteroatoms. The first-order chi connectivity index (χ1) is 8.50. The van der Waals surface area contributed by atoms with E-state index in [2.05, 4.69) is 5.32 Å². The molecule has 2 atom stereocenters.